The van der Waals surface area contributed by atoms with Crippen molar-refractivity contribution in [1.29, 1.82) is 0 Å². The number of aromatic nitrogens is 2. The van der Waals surface area contributed by atoms with Gasteiger partial charge in [-0.15, -0.1) is 11.3 Å². The minimum absolute atomic E-state index is 0.226. The van der Waals surface area contributed by atoms with Crippen LogP contribution in [0.1, 0.15) is 10.4 Å². The van der Waals surface area contributed by atoms with Gasteiger partial charge in [-0.3, -0.25) is 9.20 Å². The molecule has 0 bridgehead atoms. The quantitative estimate of drug-likeness (QED) is 0.719. The molecule has 0 saturated carbocycles. The van der Waals surface area contributed by atoms with E-state index in [1.54, 1.807) is 0 Å². The third kappa shape index (κ3) is 1.11. The normalized spacial score (nSPS) is 10.5. The number of carboxylic acid groups (broad SMARTS) is 1. The van der Waals surface area contributed by atoms with Crippen LogP contribution in [0.2, 0.25) is 0 Å². The lowest BCUT2D eigenvalue weighted by Crippen LogP contribution is -2.19. The second-order valence-electron chi connectivity index (χ2n) is 2.34. The highest BCUT2D eigenvalue weighted by atomic mass is 32.1. The number of hydrogen-bond acceptors (Lipinski definition) is 4. The minimum atomic E-state index is -1.21. The summed E-state index contributed by atoms with van der Waals surface area (Å²) in [5.41, 5.74) is -0.769. The van der Waals surface area contributed by atoms with E-state index in [9.17, 15) is 9.59 Å². The summed E-state index contributed by atoms with van der Waals surface area (Å²) < 4.78 is 1.22. The summed E-state index contributed by atoms with van der Waals surface area (Å²) in [6.45, 7) is 0. The number of fused-ring (bicyclic) bond motifs is 1. The first kappa shape index (κ1) is 7.93. The van der Waals surface area contributed by atoms with Gasteiger partial charge in [-0.25, -0.2) is 9.78 Å². The van der Waals surface area contributed by atoms with Crippen molar-refractivity contribution in [3.8, 4) is 0 Å². The predicted molar refractivity (Wildman–Crippen MR) is 46.3 cm³/mol. The van der Waals surface area contributed by atoms with Gasteiger partial charge in [-0.05, 0) is 0 Å². The molecule has 0 aliphatic rings. The summed E-state index contributed by atoms with van der Waals surface area (Å²) in [5.74, 6) is -1.21. The molecule has 0 radical (unpaired) electrons. The predicted octanol–water partition coefficient (Wildman–Crippen LogP) is 0.454. The molecule has 0 aliphatic carbocycles. The van der Waals surface area contributed by atoms with Crippen LogP contribution in [-0.2, 0) is 0 Å². The van der Waals surface area contributed by atoms with E-state index in [2.05, 4.69) is 4.98 Å². The van der Waals surface area contributed by atoms with Crippen molar-refractivity contribution < 1.29 is 9.90 Å². The number of hydrogen-bond donors (Lipinski definition) is 1. The molecule has 0 spiro atoms. The molecule has 0 aliphatic heterocycles. The zero-order valence-electron chi connectivity index (χ0n) is 6.30. The third-order valence-corrected chi connectivity index (χ3v) is 2.44. The molecule has 2 aromatic heterocycles. The van der Waals surface area contributed by atoms with Crippen LogP contribution < -0.4 is 5.56 Å². The Kier molecular flexibility index (Phi) is 1.63. The Morgan fingerprint density at radius 1 is 1.62 bits per heavy atom. The maximum Gasteiger partial charge on any atom is 0.342 e. The van der Waals surface area contributed by atoms with E-state index >= 15 is 0 Å². The molecule has 2 heterocycles. The summed E-state index contributed by atoms with van der Waals surface area (Å²) in [5, 5.41) is 9.93. The average molecular weight is 196 g/mol. The Morgan fingerprint density at radius 2 is 2.38 bits per heavy atom. The fourth-order valence-corrected chi connectivity index (χ4v) is 1.77. The van der Waals surface area contributed by atoms with Crippen LogP contribution in [0.3, 0.4) is 0 Å². The third-order valence-electron chi connectivity index (χ3n) is 1.57. The van der Waals surface area contributed by atoms with E-state index in [-0.39, 0.29) is 5.56 Å². The van der Waals surface area contributed by atoms with Gasteiger partial charge in [-0.1, -0.05) is 0 Å². The maximum atomic E-state index is 11.4. The van der Waals surface area contributed by atoms with E-state index < -0.39 is 11.5 Å². The van der Waals surface area contributed by atoms with Crippen molar-refractivity contribution in [3.05, 3.63) is 33.7 Å². The van der Waals surface area contributed by atoms with Crippen molar-refractivity contribution in [2.24, 2.45) is 0 Å². The van der Waals surface area contributed by atoms with Gasteiger partial charge in [0, 0.05) is 17.8 Å². The van der Waals surface area contributed by atoms with Crippen molar-refractivity contribution in [2.75, 3.05) is 0 Å². The number of carboxylic acids is 1. The smallest absolute Gasteiger partial charge is 0.342 e. The van der Waals surface area contributed by atoms with Gasteiger partial charge >= 0.3 is 5.97 Å². The Morgan fingerprint density at radius 3 is 3.08 bits per heavy atom. The topological polar surface area (TPSA) is 71.7 Å². The first-order chi connectivity index (χ1) is 6.20. The Balaban J connectivity index is 2.89. The highest BCUT2D eigenvalue weighted by molar-refractivity contribution is 7.15. The molecule has 0 fully saturated rings. The van der Waals surface area contributed by atoms with Gasteiger partial charge in [-0.2, -0.15) is 0 Å². The average Bonchev–Trinajstić information content (AvgIpc) is 2.52. The number of aromatic carboxylic acids is 1. The second kappa shape index (κ2) is 2.67. The van der Waals surface area contributed by atoms with E-state index in [4.69, 9.17) is 5.11 Å². The van der Waals surface area contributed by atoms with Crippen molar-refractivity contribution in [2.45, 2.75) is 0 Å². The van der Waals surface area contributed by atoms with E-state index in [0.29, 0.717) is 4.96 Å². The van der Waals surface area contributed by atoms with E-state index in [1.165, 1.54) is 22.2 Å². The zero-order chi connectivity index (χ0) is 9.42. The molecule has 0 amide bonds. The van der Waals surface area contributed by atoms with Gasteiger partial charge in [0.1, 0.15) is 5.56 Å². The van der Waals surface area contributed by atoms with E-state index in [0.717, 1.165) is 11.3 Å². The van der Waals surface area contributed by atoms with Gasteiger partial charge in [0.25, 0.3) is 5.56 Å². The fraction of sp³-hybridized carbons (Fsp3) is 0. The van der Waals surface area contributed by atoms with Crippen LogP contribution in [0.25, 0.3) is 4.96 Å². The van der Waals surface area contributed by atoms with Crippen molar-refractivity contribution >= 4 is 22.3 Å². The lowest BCUT2D eigenvalue weighted by Gasteiger charge is -1.93. The van der Waals surface area contributed by atoms with Crippen LogP contribution in [0.4, 0.5) is 0 Å². The number of rotatable bonds is 1. The molecule has 2 aromatic rings. The lowest BCUT2D eigenvalue weighted by molar-refractivity contribution is 0.0695. The molecule has 5 nitrogen and oxygen atoms in total. The summed E-state index contributed by atoms with van der Waals surface area (Å²) in [6.07, 6.45) is 2.90. The van der Waals surface area contributed by atoms with Crippen LogP contribution >= 0.6 is 11.3 Å². The molecule has 2 rings (SSSR count). The summed E-state index contributed by atoms with van der Waals surface area (Å²) in [7, 11) is 0. The van der Waals surface area contributed by atoms with Crippen LogP contribution in [0.5, 0.6) is 0 Å². The number of imidazole rings is 1. The Labute approximate surface area is 75.9 Å². The highest BCUT2D eigenvalue weighted by Gasteiger charge is 2.10. The van der Waals surface area contributed by atoms with Crippen molar-refractivity contribution in [3.63, 3.8) is 0 Å². The van der Waals surface area contributed by atoms with Gasteiger partial charge in [0.2, 0.25) is 0 Å². The molecule has 13 heavy (non-hydrogen) atoms. The lowest BCUT2D eigenvalue weighted by atomic mass is 10.4. The molecule has 1 N–H and O–H groups in total. The highest BCUT2D eigenvalue weighted by Crippen LogP contribution is 2.06. The van der Waals surface area contributed by atoms with Crippen molar-refractivity contribution in [1.82, 2.24) is 9.38 Å². The van der Waals surface area contributed by atoms with Gasteiger partial charge in [0.05, 0.1) is 0 Å². The molecule has 6 heteroatoms. The fourth-order valence-electron chi connectivity index (χ4n) is 0.965. The zero-order valence-corrected chi connectivity index (χ0v) is 7.11. The van der Waals surface area contributed by atoms with Gasteiger partial charge < -0.3 is 5.11 Å². The van der Waals surface area contributed by atoms with Crippen LogP contribution in [0.15, 0.2) is 22.6 Å². The largest absolute Gasteiger partial charge is 0.477 e. The SMILES string of the molecule is O=C(O)c1csc2nccn2c1=O. The monoisotopic (exact) mass is 196 g/mol. The van der Waals surface area contributed by atoms with E-state index in [1.807, 2.05) is 0 Å². The van der Waals surface area contributed by atoms with Crippen LogP contribution in [0, 0.1) is 0 Å². The summed E-state index contributed by atoms with van der Waals surface area (Å²) in [6, 6.07) is 0. The number of carbonyl (C=O) groups is 1. The summed E-state index contributed by atoms with van der Waals surface area (Å²) >= 11 is 1.12. The maximum absolute atomic E-state index is 11.4. The molecule has 0 saturated heterocycles. The Bertz CT molecular complexity index is 528. The first-order valence-electron chi connectivity index (χ1n) is 3.38. The first-order valence-corrected chi connectivity index (χ1v) is 4.26. The van der Waals surface area contributed by atoms with Gasteiger partial charge in [0.15, 0.2) is 4.96 Å². The minimum Gasteiger partial charge on any atom is -0.477 e. The molecular weight excluding hydrogens is 192 g/mol. The molecule has 0 atom stereocenters. The Hall–Kier alpha value is -1.69. The second-order valence-corrected chi connectivity index (χ2v) is 3.18. The summed E-state index contributed by atoms with van der Waals surface area (Å²) in [4.78, 5) is 26.3. The molecule has 0 aromatic carbocycles. The molecule has 66 valence electrons. The standard InChI is InChI=1S/C7H4N2O3S/c10-5-4(6(11)12)3-13-7-8-1-2-9(5)7/h1-3H,(H,11,12). The number of nitrogens with zero attached hydrogens (tertiary/aromatic N) is 2. The molecule has 0 unspecified atom stereocenters. The molecular formula is C7H4N2O3S. The van der Waals surface area contributed by atoms with Crippen LogP contribution in [-0.4, -0.2) is 20.5 Å².